The maximum Gasteiger partial charge on any atom is 0.174 e. The zero-order chi connectivity index (χ0) is 16.7. The summed E-state index contributed by atoms with van der Waals surface area (Å²) in [4.78, 5) is 6.29. The summed E-state index contributed by atoms with van der Waals surface area (Å²) in [7, 11) is 0. The van der Waals surface area contributed by atoms with Gasteiger partial charge in [-0.25, -0.2) is 4.98 Å². The Morgan fingerprint density at radius 2 is 1.83 bits per heavy atom. The van der Waals surface area contributed by atoms with Crippen LogP contribution in [0.4, 0.5) is 17.2 Å². The number of halogens is 1. The number of hydrogen-bond acceptors (Lipinski definition) is 5. The number of benzene rings is 1. The SMILES string of the molecule is CCCN(CCC)c1ccc(N=Nc2ccc(Cl)cn2)c(O)c1. The maximum absolute atomic E-state index is 10.2. The third-order valence-corrected chi connectivity index (χ3v) is 3.51. The molecule has 1 heterocycles. The van der Waals surface area contributed by atoms with Crippen LogP contribution in [0.15, 0.2) is 46.8 Å². The van der Waals surface area contributed by atoms with Crippen LogP contribution in [0.2, 0.25) is 5.02 Å². The molecule has 0 amide bonds. The first kappa shape index (κ1) is 17.2. The van der Waals surface area contributed by atoms with Crippen molar-refractivity contribution in [3.05, 3.63) is 41.6 Å². The number of aromatic nitrogens is 1. The zero-order valence-electron chi connectivity index (χ0n) is 13.4. The van der Waals surface area contributed by atoms with Crippen LogP contribution in [-0.2, 0) is 0 Å². The molecule has 1 N–H and O–H groups in total. The summed E-state index contributed by atoms with van der Waals surface area (Å²) in [5, 5.41) is 18.8. The Hall–Kier alpha value is -2.14. The highest BCUT2D eigenvalue weighted by molar-refractivity contribution is 6.30. The van der Waals surface area contributed by atoms with Crippen LogP contribution in [0, 0.1) is 0 Å². The monoisotopic (exact) mass is 332 g/mol. The Kier molecular flexibility index (Phi) is 6.35. The van der Waals surface area contributed by atoms with E-state index in [1.165, 1.54) is 6.20 Å². The molecule has 2 aromatic rings. The molecule has 0 aliphatic heterocycles. The number of anilines is 1. The van der Waals surface area contributed by atoms with Gasteiger partial charge >= 0.3 is 0 Å². The zero-order valence-corrected chi connectivity index (χ0v) is 14.2. The Morgan fingerprint density at radius 3 is 2.39 bits per heavy atom. The van der Waals surface area contributed by atoms with E-state index < -0.39 is 0 Å². The summed E-state index contributed by atoms with van der Waals surface area (Å²) < 4.78 is 0. The van der Waals surface area contributed by atoms with Gasteiger partial charge in [-0.1, -0.05) is 25.4 Å². The summed E-state index contributed by atoms with van der Waals surface area (Å²) >= 11 is 5.77. The van der Waals surface area contributed by atoms with Crippen LogP contribution in [0.25, 0.3) is 0 Å². The lowest BCUT2D eigenvalue weighted by Gasteiger charge is -2.24. The summed E-state index contributed by atoms with van der Waals surface area (Å²) in [5.74, 6) is 0.550. The minimum absolute atomic E-state index is 0.109. The Balaban J connectivity index is 2.16. The molecule has 0 saturated heterocycles. The van der Waals surface area contributed by atoms with Crippen molar-refractivity contribution >= 4 is 28.8 Å². The standard InChI is InChI=1S/C17H21ClN4O/c1-3-9-22(10-4-2)14-6-7-15(16(23)11-14)20-21-17-8-5-13(18)12-19-17/h5-8,11-12,23H,3-4,9-10H2,1-2H3. The second kappa shape index (κ2) is 8.48. The van der Waals surface area contributed by atoms with E-state index in [-0.39, 0.29) is 5.75 Å². The van der Waals surface area contributed by atoms with Crippen LogP contribution in [-0.4, -0.2) is 23.2 Å². The van der Waals surface area contributed by atoms with Gasteiger partial charge in [-0.15, -0.1) is 10.2 Å². The first-order valence-corrected chi connectivity index (χ1v) is 8.13. The smallest absolute Gasteiger partial charge is 0.174 e. The van der Waals surface area contributed by atoms with Crippen LogP contribution in [0.1, 0.15) is 26.7 Å². The van der Waals surface area contributed by atoms with Crippen molar-refractivity contribution in [1.82, 2.24) is 4.98 Å². The molecule has 0 unspecified atom stereocenters. The first-order valence-electron chi connectivity index (χ1n) is 7.75. The molecule has 1 aromatic carbocycles. The van der Waals surface area contributed by atoms with Crippen molar-refractivity contribution in [2.45, 2.75) is 26.7 Å². The second-order valence-electron chi connectivity index (χ2n) is 5.19. The number of nitrogens with zero attached hydrogens (tertiary/aromatic N) is 4. The van der Waals surface area contributed by atoms with Gasteiger partial charge in [0, 0.05) is 31.0 Å². The number of rotatable bonds is 7. The molecule has 0 bridgehead atoms. The molecular formula is C17H21ClN4O. The summed E-state index contributed by atoms with van der Waals surface area (Å²) in [5.41, 5.74) is 1.41. The lowest BCUT2D eigenvalue weighted by Crippen LogP contribution is -2.24. The molecule has 0 aliphatic carbocycles. The minimum Gasteiger partial charge on any atom is -0.506 e. The van der Waals surface area contributed by atoms with Crippen molar-refractivity contribution in [2.24, 2.45) is 10.2 Å². The molecule has 0 fully saturated rings. The fourth-order valence-electron chi connectivity index (χ4n) is 2.24. The van der Waals surface area contributed by atoms with Crippen molar-refractivity contribution in [3.8, 4) is 5.75 Å². The van der Waals surface area contributed by atoms with Crippen LogP contribution in [0.3, 0.4) is 0 Å². The molecule has 1 aromatic heterocycles. The largest absolute Gasteiger partial charge is 0.506 e. The molecular weight excluding hydrogens is 312 g/mol. The highest BCUT2D eigenvalue weighted by Gasteiger charge is 2.08. The van der Waals surface area contributed by atoms with Crippen LogP contribution >= 0.6 is 11.6 Å². The molecule has 5 nitrogen and oxygen atoms in total. The molecule has 23 heavy (non-hydrogen) atoms. The van der Waals surface area contributed by atoms with Gasteiger partial charge in [0.25, 0.3) is 0 Å². The van der Waals surface area contributed by atoms with Crippen molar-refractivity contribution in [2.75, 3.05) is 18.0 Å². The Bertz CT molecular complexity index is 652. The lowest BCUT2D eigenvalue weighted by molar-refractivity contribution is 0.476. The normalized spacial score (nSPS) is 11.1. The van der Waals surface area contributed by atoms with Gasteiger partial charge in [0.1, 0.15) is 11.4 Å². The second-order valence-corrected chi connectivity index (χ2v) is 5.63. The topological polar surface area (TPSA) is 61.1 Å². The van der Waals surface area contributed by atoms with Gasteiger partial charge in [-0.05, 0) is 37.1 Å². The molecule has 0 atom stereocenters. The molecule has 0 radical (unpaired) electrons. The van der Waals surface area contributed by atoms with E-state index in [4.69, 9.17) is 11.6 Å². The van der Waals surface area contributed by atoms with Gasteiger partial charge in [0.2, 0.25) is 0 Å². The van der Waals surface area contributed by atoms with Gasteiger partial charge in [-0.2, -0.15) is 0 Å². The van der Waals surface area contributed by atoms with Crippen molar-refractivity contribution in [3.63, 3.8) is 0 Å². The average molecular weight is 333 g/mol. The average Bonchev–Trinajstić information content (AvgIpc) is 2.55. The lowest BCUT2D eigenvalue weighted by atomic mass is 10.2. The summed E-state index contributed by atoms with van der Waals surface area (Å²) in [6.07, 6.45) is 3.63. The first-order chi connectivity index (χ1) is 11.1. The number of phenolic OH excluding ortho intramolecular Hbond substituents is 1. The third kappa shape index (κ3) is 4.93. The Morgan fingerprint density at radius 1 is 1.09 bits per heavy atom. The van der Waals surface area contributed by atoms with Crippen molar-refractivity contribution in [1.29, 1.82) is 0 Å². The van der Waals surface area contributed by atoms with Crippen LogP contribution in [0.5, 0.6) is 5.75 Å². The minimum atomic E-state index is 0.109. The highest BCUT2D eigenvalue weighted by atomic mass is 35.5. The van der Waals surface area contributed by atoms with Gasteiger partial charge in [-0.3, -0.25) is 0 Å². The van der Waals surface area contributed by atoms with E-state index >= 15 is 0 Å². The van der Waals surface area contributed by atoms with E-state index in [1.807, 2.05) is 6.07 Å². The van der Waals surface area contributed by atoms with Crippen molar-refractivity contribution < 1.29 is 5.11 Å². The number of hydrogen-bond donors (Lipinski definition) is 1. The number of azo groups is 1. The molecule has 0 aliphatic rings. The summed E-state index contributed by atoms with van der Waals surface area (Å²) in [6.45, 7) is 6.21. The quantitative estimate of drug-likeness (QED) is 0.682. The highest BCUT2D eigenvalue weighted by Crippen LogP contribution is 2.32. The van der Waals surface area contributed by atoms with Gasteiger partial charge in [0.15, 0.2) is 5.82 Å². The number of aromatic hydroxyl groups is 1. The van der Waals surface area contributed by atoms with Crippen LogP contribution < -0.4 is 4.90 Å². The Labute approximate surface area is 141 Å². The molecule has 122 valence electrons. The van der Waals surface area contributed by atoms with E-state index in [1.54, 1.807) is 24.3 Å². The fourth-order valence-corrected chi connectivity index (χ4v) is 2.35. The number of phenols is 1. The molecule has 0 spiro atoms. The molecule has 0 saturated carbocycles. The summed E-state index contributed by atoms with van der Waals surface area (Å²) in [6, 6.07) is 8.81. The third-order valence-electron chi connectivity index (χ3n) is 3.28. The maximum atomic E-state index is 10.2. The van der Waals surface area contributed by atoms with Gasteiger partial charge < -0.3 is 10.0 Å². The van der Waals surface area contributed by atoms with Gasteiger partial charge in [0.05, 0.1) is 5.02 Å². The van der Waals surface area contributed by atoms with E-state index in [0.717, 1.165) is 31.6 Å². The molecule has 6 heteroatoms. The predicted octanol–water partition coefficient (Wildman–Crippen LogP) is 5.48. The fraction of sp³-hybridized carbons (Fsp3) is 0.353. The number of pyridine rings is 1. The predicted molar refractivity (Wildman–Crippen MR) is 94.3 cm³/mol. The van der Waals surface area contributed by atoms with E-state index in [9.17, 15) is 5.11 Å². The van der Waals surface area contributed by atoms with E-state index in [0.29, 0.717) is 16.5 Å². The van der Waals surface area contributed by atoms with E-state index in [2.05, 4.69) is 34.0 Å². The molecule has 2 rings (SSSR count).